The van der Waals surface area contributed by atoms with Gasteiger partial charge in [-0.15, -0.1) is 0 Å². The Morgan fingerprint density at radius 1 is 1.79 bits per heavy atom. The van der Waals surface area contributed by atoms with Gasteiger partial charge in [0, 0.05) is 12.6 Å². The molecule has 1 aromatic rings. The first-order valence-corrected chi connectivity index (χ1v) is 4.27. The third-order valence-corrected chi connectivity index (χ3v) is 1.71. The largest absolute Gasteiger partial charge is 0.368 e. The van der Waals surface area contributed by atoms with Crippen LogP contribution in [-0.4, -0.2) is 23.7 Å². The summed E-state index contributed by atoms with van der Waals surface area (Å²) in [7, 11) is 0. The van der Waals surface area contributed by atoms with E-state index in [-0.39, 0.29) is 0 Å². The summed E-state index contributed by atoms with van der Waals surface area (Å²) in [5, 5.41) is 6.65. The van der Waals surface area contributed by atoms with E-state index in [1.54, 1.807) is 0 Å². The molecule has 1 heterocycles. The molecule has 5 N–H and O–H groups in total. The average molecular weight is 198 g/mol. The number of hydrogen-bond donors (Lipinski definition) is 3. The van der Waals surface area contributed by atoms with Crippen molar-refractivity contribution >= 4 is 5.91 Å². The van der Waals surface area contributed by atoms with Crippen LogP contribution in [0.25, 0.3) is 0 Å². The summed E-state index contributed by atoms with van der Waals surface area (Å²) in [6, 6.07) is 1.14. The van der Waals surface area contributed by atoms with Gasteiger partial charge < -0.3 is 21.3 Å². The molecular formula is C8H14N4O2. The quantitative estimate of drug-likeness (QED) is 0.555. The first-order chi connectivity index (χ1) is 6.59. The Kier molecular flexibility index (Phi) is 3.61. The van der Waals surface area contributed by atoms with E-state index in [1.807, 2.05) is 13.0 Å². The maximum Gasteiger partial charge on any atom is 0.235 e. The molecule has 14 heavy (non-hydrogen) atoms. The number of nitrogens with zero attached hydrogens (tertiary/aromatic N) is 1. The highest BCUT2D eigenvalue weighted by atomic mass is 16.5. The lowest BCUT2D eigenvalue weighted by molar-refractivity contribution is -0.119. The van der Waals surface area contributed by atoms with Crippen molar-refractivity contribution in [2.24, 2.45) is 11.5 Å². The molecular weight excluding hydrogens is 184 g/mol. The van der Waals surface area contributed by atoms with Crippen molar-refractivity contribution in [3.8, 4) is 0 Å². The minimum Gasteiger partial charge on any atom is -0.368 e. The molecule has 0 aromatic carbocycles. The second-order valence-electron chi connectivity index (χ2n) is 3.07. The van der Waals surface area contributed by atoms with E-state index in [2.05, 4.69) is 10.5 Å². The molecule has 6 heteroatoms. The van der Waals surface area contributed by atoms with Gasteiger partial charge in [0.05, 0.1) is 18.3 Å². The lowest BCUT2D eigenvalue weighted by Gasteiger charge is -2.06. The number of aryl methyl sites for hydroxylation is 1. The van der Waals surface area contributed by atoms with Gasteiger partial charge in [-0.05, 0) is 6.92 Å². The topological polar surface area (TPSA) is 107 Å². The van der Waals surface area contributed by atoms with Gasteiger partial charge in [0.1, 0.15) is 0 Å². The van der Waals surface area contributed by atoms with Gasteiger partial charge >= 0.3 is 0 Å². The highest BCUT2D eigenvalue weighted by Gasteiger charge is 2.08. The number of carbonyl (C=O) groups is 1. The minimum atomic E-state index is -0.668. The van der Waals surface area contributed by atoms with Gasteiger partial charge in [0.15, 0.2) is 5.76 Å². The van der Waals surface area contributed by atoms with E-state index in [0.29, 0.717) is 18.8 Å². The van der Waals surface area contributed by atoms with Crippen molar-refractivity contribution in [3.05, 3.63) is 17.5 Å². The van der Waals surface area contributed by atoms with Crippen LogP contribution in [0.5, 0.6) is 0 Å². The molecule has 1 aromatic heterocycles. The Balaban J connectivity index is 2.25. The number of amides is 1. The zero-order valence-electron chi connectivity index (χ0n) is 7.99. The summed E-state index contributed by atoms with van der Waals surface area (Å²) in [4.78, 5) is 10.6. The number of nitrogens with two attached hydrogens (primary N) is 2. The molecule has 0 aliphatic rings. The molecule has 0 fully saturated rings. The maximum atomic E-state index is 10.6. The van der Waals surface area contributed by atoms with Crippen LogP contribution in [0, 0.1) is 6.92 Å². The van der Waals surface area contributed by atoms with Crippen molar-refractivity contribution in [2.75, 3.05) is 6.54 Å². The zero-order valence-corrected chi connectivity index (χ0v) is 7.99. The second kappa shape index (κ2) is 4.73. The fraction of sp³-hybridized carbons (Fsp3) is 0.500. The van der Waals surface area contributed by atoms with Crippen LogP contribution in [0.2, 0.25) is 0 Å². The van der Waals surface area contributed by atoms with E-state index in [0.717, 1.165) is 5.69 Å². The zero-order chi connectivity index (χ0) is 10.6. The van der Waals surface area contributed by atoms with Gasteiger partial charge in [-0.2, -0.15) is 0 Å². The third kappa shape index (κ3) is 3.15. The predicted molar refractivity (Wildman–Crippen MR) is 50.1 cm³/mol. The number of hydrogen-bond acceptors (Lipinski definition) is 5. The molecule has 0 radical (unpaired) electrons. The van der Waals surface area contributed by atoms with E-state index in [9.17, 15) is 4.79 Å². The van der Waals surface area contributed by atoms with Crippen LogP contribution in [-0.2, 0) is 11.3 Å². The van der Waals surface area contributed by atoms with E-state index >= 15 is 0 Å². The summed E-state index contributed by atoms with van der Waals surface area (Å²) in [5.74, 6) is 0.186. The van der Waals surface area contributed by atoms with Crippen LogP contribution in [0.3, 0.4) is 0 Å². The molecule has 78 valence electrons. The Morgan fingerprint density at radius 2 is 2.50 bits per heavy atom. The van der Waals surface area contributed by atoms with Crippen molar-refractivity contribution in [1.29, 1.82) is 0 Å². The van der Waals surface area contributed by atoms with Crippen LogP contribution < -0.4 is 16.8 Å². The fourth-order valence-electron chi connectivity index (χ4n) is 0.951. The standard InChI is InChI=1S/C8H14N4O2/c1-5-2-6(14-12-5)3-11-4-7(9)8(10)13/h2,7,11H,3-4,9H2,1H3,(H2,10,13). The summed E-state index contributed by atoms with van der Waals surface area (Å²) in [6.45, 7) is 2.65. The molecule has 1 rings (SSSR count). The molecule has 0 spiro atoms. The summed E-state index contributed by atoms with van der Waals surface area (Å²) >= 11 is 0. The average Bonchev–Trinajstić information content (AvgIpc) is 2.51. The van der Waals surface area contributed by atoms with Crippen molar-refractivity contribution < 1.29 is 9.32 Å². The van der Waals surface area contributed by atoms with Gasteiger partial charge in [-0.1, -0.05) is 5.16 Å². The van der Waals surface area contributed by atoms with Crippen molar-refractivity contribution in [3.63, 3.8) is 0 Å². The highest BCUT2D eigenvalue weighted by molar-refractivity contribution is 5.79. The molecule has 1 unspecified atom stereocenters. The summed E-state index contributed by atoms with van der Waals surface area (Å²) in [5.41, 5.74) is 11.2. The molecule has 1 atom stereocenters. The summed E-state index contributed by atoms with van der Waals surface area (Å²) < 4.78 is 4.94. The van der Waals surface area contributed by atoms with Crippen LogP contribution in [0.4, 0.5) is 0 Å². The normalized spacial score (nSPS) is 12.7. The van der Waals surface area contributed by atoms with Crippen molar-refractivity contribution in [2.45, 2.75) is 19.5 Å². The smallest absolute Gasteiger partial charge is 0.235 e. The minimum absolute atomic E-state index is 0.328. The SMILES string of the molecule is Cc1cc(CNCC(N)C(N)=O)on1. The predicted octanol–water partition coefficient (Wildman–Crippen LogP) is -1.11. The lowest BCUT2D eigenvalue weighted by Crippen LogP contribution is -2.44. The van der Waals surface area contributed by atoms with E-state index in [4.69, 9.17) is 16.0 Å². The Morgan fingerprint density at radius 3 is 3.00 bits per heavy atom. The number of aromatic nitrogens is 1. The molecule has 0 bridgehead atoms. The van der Waals surface area contributed by atoms with Crippen LogP contribution in [0.15, 0.2) is 10.6 Å². The number of carbonyl (C=O) groups excluding carboxylic acids is 1. The molecule has 0 saturated heterocycles. The first-order valence-electron chi connectivity index (χ1n) is 4.27. The lowest BCUT2D eigenvalue weighted by atomic mass is 10.3. The Labute approximate surface area is 81.6 Å². The maximum absolute atomic E-state index is 10.6. The van der Waals surface area contributed by atoms with Crippen LogP contribution >= 0.6 is 0 Å². The number of rotatable bonds is 5. The van der Waals surface area contributed by atoms with E-state index < -0.39 is 11.9 Å². The monoisotopic (exact) mass is 198 g/mol. The van der Waals surface area contributed by atoms with E-state index in [1.165, 1.54) is 0 Å². The third-order valence-electron chi connectivity index (χ3n) is 1.71. The highest BCUT2D eigenvalue weighted by Crippen LogP contribution is 2.00. The van der Waals surface area contributed by atoms with Gasteiger partial charge in [-0.25, -0.2) is 0 Å². The molecule has 0 saturated carbocycles. The fourth-order valence-corrected chi connectivity index (χ4v) is 0.951. The van der Waals surface area contributed by atoms with Crippen molar-refractivity contribution in [1.82, 2.24) is 10.5 Å². The number of primary amides is 1. The molecule has 1 amide bonds. The molecule has 0 aliphatic heterocycles. The van der Waals surface area contributed by atoms with Gasteiger partial charge in [0.2, 0.25) is 5.91 Å². The van der Waals surface area contributed by atoms with Gasteiger partial charge in [0.25, 0.3) is 0 Å². The second-order valence-corrected chi connectivity index (χ2v) is 3.07. The molecule has 6 nitrogen and oxygen atoms in total. The number of nitrogens with one attached hydrogen (secondary N) is 1. The first kappa shape index (κ1) is 10.7. The van der Waals surface area contributed by atoms with Crippen LogP contribution in [0.1, 0.15) is 11.5 Å². The Bertz CT molecular complexity index is 310. The Hall–Kier alpha value is -1.40. The summed E-state index contributed by atoms with van der Waals surface area (Å²) in [6.07, 6.45) is 0. The van der Waals surface area contributed by atoms with Gasteiger partial charge in [-0.3, -0.25) is 4.79 Å². The molecule has 0 aliphatic carbocycles.